The van der Waals surface area contributed by atoms with Crippen molar-refractivity contribution in [3.05, 3.63) is 29.6 Å². The summed E-state index contributed by atoms with van der Waals surface area (Å²) in [6, 6.07) is 3.94. The molecule has 5 nitrogen and oxygen atoms in total. The summed E-state index contributed by atoms with van der Waals surface area (Å²) in [6.07, 6.45) is 1.90. The maximum absolute atomic E-state index is 11.7. The van der Waals surface area contributed by atoms with E-state index in [4.69, 9.17) is 4.52 Å². The van der Waals surface area contributed by atoms with E-state index in [0.717, 1.165) is 15.8 Å². The molecule has 3 rings (SSSR count). The number of aromatic nitrogens is 3. The molecule has 0 aliphatic heterocycles. The monoisotopic (exact) mass is 287 g/mol. The molecule has 0 atom stereocenters. The van der Waals surface area contributed by atoms with Crippen LogP contribution in [0.25, 0.3) is 21.6 Å². The Kier molecular flexibility index (Phi) is 3.31. The molecule has 0 saturated carbocycles. The van der Waals surface area contributed by atoms with Crippen molar-refractivity contribution in [3.63, 3.8) is 0 Å². The summed E-state index contributed by atoms with van der Waals surface area (Å²) in [7, 11) is 0. The van der Waals surface area contributed by atoms with Crippen LogP contribution in [-0.4, -0.2) is 20.9 Å². The number of hydrogen-bond donors (Lipinski definition) is 0. The summed E-state index contributed by atoms with van der Waals surface area (Å²) in [5.41, 5.74) is 1.75. The molecule has 0 N–H and O–H groups in total. The summed E-state index contributed by atoms with van der Waals surface area (Å²) in [5, 5.41) is 5.91. The molecule has 3 aromatic heterocycles. The topological polar surface area (TPSA) is 68.9 Å². The van der Waals surface area contributed by atoms with Crippen LogP contribution in [0.15, 0.2) is 28.2 Å². The number of fused-ring (bicyclic) bond motifs is 1. The summed E-state index contributed by atoms with van der Waals surface area (Å²) in [5.74, 6) is 0.880. The van der Waals surface area contributed by atoms with Crippen molar-refractivity contribution in [3.8, 4) is 11.4 Å². The molecule has 0 aromatic carbocycles. The van der Waals surface area contributed by atoms with Crippen molar-refractivity contribution < 1.29 is 9.32 Å². The smallest absolute Gasteiger partial charge is 0.234 e. The van der Waals surface area contributed by atoms with Crippen LogP contribution >= 0.6 is 11.3 Å². The molecule has 3 heterocycles. The first-order valence-corrected chi connectivity index (χ1v) is 7.20. The largest absolute Gasteiger partial charge is 0.338 e. The first-order chi connectivity index (χ1) is 9.63. The molecule has 0 unspecified atom stereocenters. The molecule has 6 heteroatoms. The average molecular weight is 287 g/mol. The molecule has 0 aliphatic rings. The predicted molar refractivity (Wildman–Crippen MR) is 76.5 cm³/mol. The van der Waals surface area contributed by atoms with Gasteiger partial charge in [0.1, 0.15) is 5.78 Å². The van der Waals surface area contributed by atoms with E-state index >= 15 is 0 Å². The highest BCUT2D eigenvalue weighted by Gasteiger charge is 2.15. The van der Waals surface area contributed by atoms with Crippen molar-refractivity contribution in [1.82, 2.24) is 15.1 Å². The highest BCUT2D eigenvalue weighted by molar-refractivity contribution is 7.17. The third kappa shape index (κ3) is 2.46. The van der Waals surface area contributed by atoms with Crippen LogP contribution in [0.4, 0.5) is 0 Å². The minimum Gasteiger partial charge on any atom is -0.338 e. The van der Waals surface area contributed by atoms with Crippen molar-refractivity contribution >= 4 is 27.3 Å². The first kappa shape index (κ1) is 12.9. The average Bonchev–Trinajstić information content (AvgIpc) is 3.05. The molecule has 3 aromatic rings. The van der Waals surface area contributed by atoms with E-state index in [-0.39, 0.29) is 18.1 Å². The maximum Gasteiger partial charge on any atom is 0.234 e. The minimum atomic E-state index is -0.0329. The standard InChI is InChI=1S/C14H13N3O2S/c1-8(2)11(18)6-13-16-14(17-19-13)9-5-12-10(15-7-9)3-4-20-12/h3-5,7-8H,6H2,1-2H3. The van der Waals surface area contributed by atoms with Gasteiger partial charge >= 0.3 is 0 Å². The molecule has 20 heavy (non-hydrogen) atoms. The highest BCUT2D eigenvalue weighted by atomic mass is 32.1. The number of nitrogens with zero attached hydrogens (tertiary/aromatic N) is 3. The summed E-state index contributed by atoms with van der Waals surface area (Å²) >= 11 is 1.61. The van der Waals surface area contributed by atoms with Gasteiger partial charge in [0.2, 0.25) is 11.7 Å². The van der Waals surface area contributed by atoms with Gasteiger partial charge in [0.25, 0.3) is 0 Å². The zero-order valence-corrected chi connectivity index (χ0v) is 12.0. The van der Waals surface area contributed by atoms with E-state index in [1.54, 1.807) is 17.5 Å². The van der Waals surface area contributed by atoms with Crippen molar-refractivity contribution in [2.75, 3.05) is 0 Å². The molecule has 102 valence electrons. The normalized spacial score (nSPS) is 11.3. The van der Waals surface area contributed by atoms with E-state index in [9.17, 15) is 4.79 Å². The second-order valence-corrected chi connectivity index (χ2v) is 5.79. The van der Waals surface area contributed by atoms with Crippen LogP contribution < -0.4 is 0 Å². The SMILES string of the molecule is CC(C)C(=O)Cc1nc(-c2cnc3ccsc3c2)no1. The Hall–Kier alpha value is -2.08. The zero-order chi connectivity index (χ0) is 14.1. The lowest BCUT2D eigenvalue weighted by Gasteiger charge is -1.98. The summed E-state index contributed by atoms with van der Waals surface area (Å²) < 4.78 is 6.20. The number of pyridine rings is 1. The van der Waals surface area contributed by atoms with Gasteiger partial charge in [-0.1, -0.05) is 19.0 Å². The van der Waals surface area contributed by atoms with E-state index in [2.05, 4.69) is 15.1 Å². The molecule has 0 radical (unpaired) electrons. The number of hydrogen-bond acceptors (Lipinski definition) is 6. The van der Waals surface area contributed by atoms with Crippen LogP contribution in [0.3, 0.4) is 0 Å². The minimum absolute atomic E-state index is 0.0329. The van der Waals surface area contributed by atoms with E-state index in [1.165, 1.54) is 0 Å². The molecule has 0 bridgehead atoms. The summed E-state index contributed by atoms with van der Waals surface area (Å²) in [6.45, 7) is 3.71. The van der Waals surface area contributed by atoms with Crippen molar-refractivity contribution in [2.24, 2.45) is 5.92 Å². The fourth-order valence-electron chi connectivity index (χ4n) is 1.77. The zero-order valence-electron chi connectivity index (χ0n) is 11.2. The maximum atomic E-state index is 11.7. The predicted octanol–water partition coefficient (Wildman–Crippen LogP) is 3.11. The Morgan fingerprint density at radius 2 is 2.30 bits per heavy atom. The fraction of sp³-hybridized carbons (Fsp3) is 0.286. The summed E-state index contributed by atoms with van der Waals surface area (Å²) in [4.78, 5) is 20.3. The quantitative estimate of drug-likeness (QED) is 0.737. The van der Waals surface area contributed by atoms with Crippen LogP contribution in [0.2, 0.25) is 0 Å². The molecular formula is C14H13N3O2S. The lowest BCUT2D eigenvalue weighted by molar-refractivity contribution is -0.121. The Morgan fingerprint density at radius 3 is 3.10 bits per heavy atom. The van der Waals surface area contributed by atoms with Gasteiger partial charge < -0.3 is 4.52 Å². The second kappa shape index (κ2) is 5.13. The van der Waals surface area contributed by atoms with Gasteiger partial charge in [-0.2, -0.15) is 4.98 Å². The van der Waals surface area contributed by atoms with Gasteiger partial charge in [0.15, 0.2) is 0 Å². The third-order valence-corrected chi connectivity index (χ3v) is 3.85. The second-order valence-electron chi connectivity index (χ2n) is 4.84. The van der Waals surface area contributed by atoms with Crippen LogP contribution in [0, 0.1) is 5.92 Å². The number of thiophene rings is 1. The Balaban J connectivity index is 1.87. The van der Waals surface area contributed by atoms with Crippen LogP contribution in [0.5, 0.6) is 0 Å². The van der Waals surface area contributed by atoms with Crippen LogP contribution in [-0.2, 0) is 11.2 Å². The Labute approximate surface area is 119 Å². The molecule has 0 aliphatic carbocycles. The molecule has 0 fully saturated rings. The van der Waals surface area contributed by atoms with Gasteiger partial charge in [-0.05, 0) is 17.5 Å². The van der Waals surface area contributed by atoms with Gasteiger partial charge in [-0.25, -0.2) is 0 Å². The Bertz CT molecular complexity index is 760. The number of Topliss-reactive ketones (excluding diaryl/α,β-unsaturated/α-hetero) is 1. The van der Waals surface area contributed by atoms with Crippen molar-refractivity contribution in [2.45, 2.75) is 20.3 Å². The molecule has 0 spiro atoms. The third-order valence-electron chi connectivity index (χ3n) is 3.00. The molecule has 0 saturated heterocycles. The first-order valence-electron chi connectivity index (χ1n) is 6.32. The number of carbonyl (C=O) groups excluding carboxylic acids is 1. The lowest BCUT2D eigenvalue weighted by Crippen LogP contribution is -2.10. The van der Waals surface area contributed by atoms with Crippen LogP contribution in [0.1, 0.15) is 19.7 Å². The van der Waals surface area contributed by atoms with Gasteiger partial charge in [0, 0.05) is 17.7 Å². The molecular weight excluding hydrogens is 274 g/mol. The number of ketones is 1. The lowest BCUT2D eigenvalue weighted by atomic mass is 10.1. The van der Waals surface area contributed by atoms with E-state index in [1.807, 2.05) is 31.4 Å². The highest BCUT2D eigenvalue weighted by Crippen LogP contribution is 2.24. The van der Waals surface area contributed by atoms with Crippen molar-refractivity contribution in [1.29, 1.82) is 0 Å². The molecule has 0 amide bonds. The Morgan fingerprint density at radius 1 is 1.45 bits per heavy atom. The van der Waals surface area contributed by atoms with Gasteiger partial charge in [-0.15, -0.1) is 11.3 Å². The van der Waals surface area contributed by atoms with Gasteiger partial charge in [-0.3, -0.25) is 9.78 Å². The van der Waals surface area contributed by atoms with E-state index in [0.29, 0.717) is 11.7 Å². The van der Waals surface area contributed by atoms with E-state index < -0.39 is 0 Å². The van der Waals surface area contributed by atoms with Gasteiger partial charge in [0.05, 0.1) is 16.6 Å². The number of carbonyl (C=O) groups is 1. The fourth-order valence-corrected chi connectivity index (χ4v) is 2.55. The number of rotatable bonds is 4.